The van der Waals surface area contributed by atoms with Gasteiger partial charge in [0.1, 0.15) is 5.69 Å². The van der Waals surface area contributed by atoms with E-state index >= 15 is 0 Å². The zero-order valence-corrected chi connectivity index (χ0v) is 17.7. The van der Waals surface area contributed by atoms with E-state index in [-0.39, 0.29) is 0 Å². The van der Waals surface area contributed by atoms with Gasteiger partial charge in [0.25, 0.3) is 0 Å². The van der Waals surface area contributed by atoms with Gasteiger partial charge in [-0.15, -0.1) is 0 Å². The van der Waals surface area contributed by atoms with Gasteiger partial charge in [-0.05, 0) is 37.6 Å². The van der Waals surface area contributed by atoms with Crippen molar-refractivity contribution in [2.24, 2.45) is 0 Å². The number of hydrogen-bond acceptors (Lipinski definition) is 6. The summed E-state index contributed by atoms with van der Waals surface area (Å²) in [5.41, 5.74) is 3.12. The molecule has 146 valence electrons. The first-order chi connectivity index (χ1) is 14.1. The molecule has 0 bridgehead atoms. The summed E-state index contributed by atoms with van der Waals surface area (Å²) in [7, 11) is 0. The summed E-state index contributed by atoms with van der Waals surface area (Å²) in [5, 5.41) is 4.94. The van der Waals surface area contributed by atoms with Gasteiger partial charge >= 0.3 is 0 Å². The molecule has 3 aromatic heterocycles. The first-order valence-electron chi connectivity index (χ1n) is 9.42. The van der Waals surface area contributed by atoms with Gasteiger partial charge in [0.2, 0.25) is 0 Å². The number of anilines is 1. The van der Waals surface area contributed by atoms with Crippen LogP contribution in [0.15, 0.2) is 60.9 Å². The lowest BCUT2D eigenvalue weighted by molar-refractivity contribution is 0.763. The van der Waals surface area contributed by atoms with Crippen molar-refractivity contribution in [1.82, 2.24) is 19.9 Å². The quantitative estimate of drug-likeness (QED) is 0.402. The summed E-state index contributed by atoms with van der Waals surface area (Å²) in [5.74, 6) is 0.558. The summed E-state index contributed by atoms with van der Waals surface area (Å²) in [6.07, 6.45) is 4.61. The van der Waals surface area contributed by atoms with Crippen LogP contribution in [0.5, 0.6) is 0 Å². The predicted molar refractivity (Wildman–Crippen MR) is 120 cm³/mol. The molecule has 7 heteroatoms. The number of nitrogens with zero attached hydrogens (tertiary/aromatic N) is 4. The van der Waals surface area contributed by atoms with E-state index in [1.165, 1.54) is 0 Å². The van der Waals surface area contributed by atoms with E-state index in [0.717, 1.165) is 33.4 Å². The van der Waals surface area contributed by atoms with Crippen molar-refractivity contribution in [2.75, 3.05) is 5.32 Å². The van der Waals surface area contributed by atoms with Crippen LogP contribution in [-0.2, 0) is 0 Å². The van der Waals surface area contributed by atoms with E-state index in [0.29, 0.717) is 22.6 Å². The first-order valence-corrected chi connectivity index (χ1v) is 10.6. The molecule has 0 unspecified atom stereocenters. The standard InChI is InChI=1S/C22H20ClN5S/c1-3-14(2)26-22-25-13-20(29-22)19-12-18(15-8-4-5-9-16(15)23)27-21(28-19)17-10-6-7-11-24-17/h4-14H,3H2,1-2H3,(H,25,26)/t14-/m1/s1. The van der Waals surface area contributed by atoms with E-state index in [1.807, 2.05) is 54.7 Å². The van der Waals surface area contributed by atoms with E-state index in [4.69, 9.17) is 21.6 Å². The molecule has 1 aromatic carbocycles. The lowest BCUT2D eigenvalue weighted by Gasteiger charge is -2.09. The highest BCUT2D eigenvalue weighted by molar-refractivity contribution is 7.18. The Balaban J connectivity index is 1.81. The molecule has 4 aromatic rings. The van der Waals surface area contributed by atoms with Crippen molar-refractivity contribution in [2.45, 2.75) is 26.3 Å². The number of thiazole rings is 1. The normalized spacial score (nSPS) is 12.0. The van der Waals surface area contributed by atoms with Gasteiger partial charge in [0.05, 0.1) is 16.3 Å². The summed E-state index contributed by atoms with van der Waals surface area (Å²) in [4.78, 5) is 19.4. The number of aromatic nitrogens is 4. The molecule has 0 radical (unpaired) electrons. The fraction of sp³-hybridized carbons (Fsp3) is 0.182. The largest absolute Gasteiger partial charge is 0.359 e. The molecule has 3 heterocycles. The van der Waals surface area contributed by atoms with Crippen molar-refractivity contribution < 1.29 is 0 Å². The second-order valence-corrected chi connectivity index (χ2v) is 8.08. The molecular formula is C22H20ClN5S. The first kappa shape index (κ1) is 19.5. The van der Waals surface area contributed by atoms with Crippen molar-refractivity contribution in [3.8, 4) is 33.3 Å². The van der Waals surface area contributed by atoms with E-state index in [2.05, 4.69) is 29.1 Å². The highest BCUT2D eigenvalue weighted by Gasteiger charge is 2.15. The third-order valence-corrected chi connectivity index (χ3v) is 5.79. The topological polar surface area (TPSA) is 63.6 Å². The van der Waals surface area contributed by atoms with Crippen LogP contribution in [0, 0.1) is 0 Å². The molecule has 1 N–H and O–H groups in total. The lowest BCUT2D eigenvalue weighted by atomic mass is 10.1. The molecule has 0 spiro atoms. The van der Waals surface area contributed by atoms with E-state index in [9.17, 15) is 0 Å². The molecular weight excluding hydrogens is 402 g/mol. The van der Waals surface area contributed by atoms with Crippen LogP contribution < -0.4 is 5.32 Å². The van der Waals surface area contributed by atoms with Crippen LogP contribution in [0.3, 0.4) is 0 Å². The molecule has 0 saturated heterocycles. The highest BCUT2D eigenvalue weighted by atomic mass is 35.5. The number of halogens is 1. The second-order valence-electron chi connectivity index (χ2n) is 6.64. The highest BCUT2D eigenvalue weighted by Crippen LogP contribution is 2.33. The Morgan fingerprint density at radius 2 is 1.79 bits per heavy atom. The zero-order chi connectivity index (χ0) is 20.2. The lowest BCUT2D eigenvalue weighted by Crippen LogP contribution is -2.12. The molecule has 0 aliphatic heterocycles. The Kier molecular flexibility index (Phi) is 5.83. The van der Waals surface area contributed by atoms with Gasteiger partial charge in [0, 0.05) is 29.0 Å². The Morgan fingerprint density at radius 1 is 1.00 bits per heavy atom. The van der Waals surface area contributed by atoms with Gasteiger partial charge in [-0.1, -0.05) is 54.1 Å². The molecule has 29 heavy (non-hydrogen) atoms. The molecule has 0 amide bonds. The summed E-state index contributed by atoms with van der Waals surface area (Å²) < 4.78 is 0. The van der Waals surface area contributed by atoms with Crippen molar-refractivity contribution in [3.63, 3.8) is 0 Å². The van der Waals surface area contributed by atoms with Crippen LogP contribution >= 0.6 is 22.9 Å². The number of pyridine rings is 1. The van der Waals surface area contributed by atoms with Gasteiger partial charge in [-0.25, -0.2) is 15.0 Å². The molecule has 0 fully saturated rings. The molecule has 0 saturated carbocycles. The van der Waals surface area contributed by atoms with E-state index < -0.39 is 0 Å². The number of benzene rings is 1. The Bertz CT molecular complexity index is 1110. The molecule has 1 atom stereocenters. The fourth-order valence-corrected chi connectivity index (χ4v) is 3.88. The molecule has 0 aliphatic rings. The Hall–Kier alpha value is -2.83. The Morgan fingerprint density at radius 3 is 2.55 bits per heavy atom. The van der Waals surface area contributed by atoms with E-state index in [1.54, 1.807) is 17.5 Å². The number of nitrogens with one attached hydrogen (secondary N) is 1. The number of rotatable bonds is 6. The monoisotopic (exact) mass is 421 g/mol. The minimum Gasteiger partial charge on any atom is -0.359 e. The zero-order valence-electron chi connectivity index (χ0n) is 16.1. The van der Waals surface area contributed by atoms with Crippen LogP contribution in [0.2, 0.25) is 5.02 Å². The maximum Gasteiger partial charge on any atom is 0.183 e. The van der Waals surface area contributed by atoms with Gasteiger partial charge < -0.3 is 5.32 Å². The smallest absolute Gasteiger partial charge is 0.183 e. The molecule has 5 nitrogen and oxygen atoms in total. The van der Waals surface area contributed by atoms with Gasteiger partial charge in [-0.2, -0.15) is 0 Å². The molecule has 4 rings (SSSR count). The summed E-state index contributed by atoms with van der Waals surface area (Å²) in [6.45, 7) is 4.28. The number of hydrogen-bond donors (Lipinski definition) is 1. The maximum atomic E-state index is 6.44. The fourth-order valence-electron chi connectivity index (χ4n) is 2.76. The third-order valence-electron chi connectivity index (χ3n) is 4.51. The average Bonchev–Trinajstić information content (AvgIpc) is 3.23. The predicted octanol–water partition coefficient (Wildman–Crippen LogP) is 6.19. The van der Waals surface area contributed by atoms with Crippen LogP contribution in [0.4, 0.5) is 5.13 Å². The van der Waals surface area contributed by atoms with Gasteiger partial charge in [0.15, 0.2) is 11.0 Å². The minimum atomic E-state index is 0.363. The van der Waals surface area contributed by atoms with Crippen molar-refractivity contribution in [3.05, 3.63) is 65.9 Å². The second kappa shape index (κ2) is 8.68. The van der Waals surface area contributed by atoms with Crippen molar-refractivity contribution in [1.29, 1.82) is 0 Å². The van der Waals surface area contributed by atoms with Crippen LogP contribution in [0.1, 0.15) is 20.3 Å². The third kappa shape index (κ3) is 4.44. The van der Waals surface area contributed by atoms with Gasteiger partial charge in [-0.3, -0.25) is 4.98 Å². The summed E-state index contributed by atoms with van der Waals surface area (Å²) >= 11 is 8.01. The van der Waals surface area contributed by atoms with Crippen LogP contribution in [-0.4, -0.2) is 26.0 Å². The SMILES string of the molecule is CC[C@@H](C)Nc1ncc(-c2cc(-c3ccccc3Cl)nc(-c3ccccn3)n2)s1. The minimum absolute atomic E-state index is 0.363. The Labute approximate surface area is 178 Å². The summed E-state index contributed by atoms with van der Waals surface area (Å²) in [6, 6.07) is 15.7. The maximum absolute atomic E-state index is 6.44. The average molecular weight is 422 g/mol. The van der Waals surface area contributed by atoms with Crippen molar-refractivity contribution >= 4 is 28.1 Å². The molecule has 0 aliphatic carbocycles. The van der Waals surface area contributed by atoms with Crippen LogP contribution in [0.25, 0.3) is 33.3 Å².